The first kappa shape index (κ1) is 17.6. The number of aryl methyl sites for hydroxylation is 1. The van der Waals surface area contributed by atoms with Crippen molar-refractivity contribution in [3.05, 3.63) is 69.9 Å². The molecule has 0 aromatic heterocycles. The average Bonchev–Trinajstić information content (AvgIpc) is 2.55. The summed E-state index contributed by atoms with van der Waals surface area (Å²) in [5, 5.41) is 2.84. The minimum atomic E-state index is -0.363. The minimum Gasteiger partial charge on any atom is -0.375 e. The number of hydrogen-bond acceptors (Lipinski definition) is 2. The number of ether oxygens (including phenoxy) is 1. The van der Waals surface area contributed by atoms with Gasteiger partial charge in [-0.3, -0.25) is 4.79 Å². The first-order valence-electron chi connectivity index (χ1n) is 7.38. The molecule has 0 heterocycles. The Morgan fingerprint density at radius 1 is 1.26 bits per heavy atom. The van der Waals surface area contributed by atoms with Crippen molar-refractivity contribution >= 4 is 21.8 Å². The highest BCUT2D eigenvalue weighted by Gasteiger charge is 2.13. The average molecular weight is 380 g/mol. The van der Waals surface area contributed by atoms with Crippen molar-refractivity contribution in [1.82, 2.24) is 5.32 Å². The van der Waals surface area contributed by atoms with Crippen molar-refractivity contribution < 1.29 is 13.9 Å². The zero-order chi connectivity index (χ0) is 16.7. The highest BCUT2D eigenvalue weighted by molar-refractivity contribution is 9.10. The number of carbonyl (C=O) groups is 1. The van der Waals surface area contributed by atoms with E-state index in [1.54, 1.807) is 19.2 Å². The number of halogens is 2. The maximum Gasteiger partial charge on any atom is 0.220 e. The van der Waals surface area contributed by atoms with Crippen LogP contribution >= 0.6 is 15.9 Å². The smallest absolute Gasteiger partial charge is 0.220 e. The molecule has 2 aromatic rings. The van der Waals surface area contributed by atoms with Gasteiger partial charge in [0, 0.05) is 24.5 Å². The minimum absolute atomic E-state index is 0.0563. The molecule has 0 unspecified atom stereocenters. The zero-order valence-electron chi connectivity index (χ0n) is 12.9. The summed E-state index contributed by atoms with van der Waals surface area (Å²) in [6, 6.07) is 14.0. The fraction of sp³-hybridized carbons (Fsp3) is 0.278. The number of benzene rings is 2. The molecule has 0 saturated carbocycles. The van der Waals surface area contributed by atoms with Gasteiger partial charge in [-0.2, -0.15) is 0 Å². The summed E-state index contributed by atoms with van der Waals surface area (Å²) in [7, 11) is 1.54. The van der Waals surface area contributed by atoms with E-state index in [-0.39, 0.29) is 17.8 Å². The van der Waals surface area contributed by atoms with Crippen molar-refractivity contribution in [2.24, 2.45) is 0 Å². The van der Waals surface area contributed by atoms with E-state index in [9.17, 15) is 9.18 Å². The molecule has 0 fully saturated rings. The van der Waals surface area contributed by atoms with E-state index in [0.717, 1.165) is 10.0 Å². The Hall–Kier alpha value is -1.72. The molecular formula is C18H19BrFNO2. The highest BCUT2D eigenvalue weighted by Crippen LogP contribution is 2.18. The second-order valence-electron chi connectivity index (χ2n) is 5.17. The molecule has 23 heavy (non-hydrogen) atoms. The zero-order valence-corrected chi connectivity index (χ0v) is 14.5. The normalized spacial score (nSPS) is 12.0. The molecule has 2 rings (SSSR count). The molecule has 3 nitrogen and oxygen atoms in total. The van der Waals surface area contributed by atoms with Gasteiger partial charge in [0.05, 0.1) is 6.10 Å². The second-order valence-corrected chi connectivity index (χ2v) is 6.03. The van der Waals surface area contributed by atoms with Crippen LogP contribution in [-0.2, 0) is 16.0 Å². The van der Waals surface area contributed by atoms with Crippen LogP contribution in [0.2, 0.25) is 0 Å². The highest BCUT2D eigenvalue weighted by atomic mass is 79.9. The van der Waals surface area contributed by atoms with Crippen LogP contribution in [0.1, 0.15) is 23.7 Å². The van der Waals surface area contributed by atoms with Crippen LogP contribution in [-0.4, -0.2) is 19.6 Å². The van der Waals surface area contributed by atoms with E-state index in [2.05, 4.69) is 21.2 Å². The van der Waals surface area contributed by atoms with Crippen molar-refractivity contribution in [2.45, 2.75) is 18.9 Å². The van der Waals surface area contributed by atoms with E-state index < -0.39 is 0 Å². The van der Waals surface area contributed by atoms with Crippen molar-refractivity contribution in [2.75, 3.05) is 13.7 Å². The van der Waals surface area contributed by atoms with Crippen molar-refractivity contribution in [1.29, 1.82) is 0 Å². The monoisotopic (exact) mass is 379 g/mol. The van der Waals surface area contributed by atoms with Gasteiger partial charge in [-0.15, -0.1) is 0 Å². The number of amides is 1. The van der Waals surface area contributed by atoms with Crippen LogP contribution in [0.4, 0.5) is 4.39 Å². The SMILES string of the molecule is CO[C@H](CNC(=O)CCc1ccccc1Br)c1cccc(F)c1. The van der Waals surface area contributed by atoms with E-state index >= 15 is 0 Å². The van der Waals surface area contributed by atoms with E-state index in [0.29, 0.717) is 24.9 Å². The Kier molecular flexibility index (Phi) is 6.74. The molecule has 0 spiro atoms. The molecule has 1 N–H and O–H groups in total. The Bertz CT molecular complexity index is 663. The number of hydrogen-bond donors (Lipinski definition) is 1. The lowest BCUT2D eigenvalue weighted by Crippen LogP contribution is -2.29. The summed E-state index contributed by atoms with van der Waals surface area (Å²) in [5.41, 5.74) is 1.80. The van der Waals surface area contributed by atoms with Crippen LogP contribution in [0.5, 0.6) is 0 Å². The third kappa shape index (κ3) is 5.44. The van der Waals surface area contributed by atoms with Crippen molar-refractivity contribution in [3.8, 4) is 0 Å². The maximum atomic E-state index is 13.3. The number of nitrogens with one attached hydrogen (secondary N) is 1. The first-order chi connectivity index (χ1) is 11.1. The number of rotatable bonds is 7. The second kappa shape index (κ2) is 8.79. The van der Waals surface area contributed by atoms with Crippen molar-refractivity contribution in [3.63, 3.8) is 0 Å². The number of carbonyl (C=O) groups excluding carboxylic acids is 1. The molecule has 0 aliphatic carbocycles. The lowest BCUT2D eigenvalue weighted by atomic mass is 10.1. The molecule has 0 aliphatic rings. The lowest BCUT2D eigenvalue weighted by molar-refractivity contribution is -0.121. The van der Waals surface area contributed by atoms with Gasteiger partial charge in [0.15, 0.2) is 0 Å². The van der Waals surface area contributed by atoms with Gasteiger partial charge < -0.3 is 10.1 Å². The van der Waals surface area contributed by atoms with E-state index in [1.165, 1.54) is 12.1 Å². The summed E-state index contributed by atoms with van der Waals surface area (Å²) < 4.78 is 19.6. The van der Waals surface area contributed by atoms with Gasteiger partial charge in [-0.25, -0.2) is 4.39 Å². The third-order valence-corrected chi connectivity index (χ3v) is 4.34. The third-order valence-electron chi connectivity index (χ3n) is 3.57. The van der Waals surface area contributed by atoms with Crippen LogP contribution in [0.15, 0.2) is 53.0 Å². The molecule has 0 radical (unpaired) electrons. The molecule has 0 aliphatic heterocycles. The Morgan fingerprint density at radius 2 is 2.04 bits per heavy atom. The summed E-state index contributed by atoms with van der Waals surface area (Å²) in [5.74, 6) is -0.371. The summed E-state index contributed by atoms with van der Waals surface area (Å²) in [6.45, 7) is 0.314. The Morgan fingerprint density at radius 3 is 2.74 bits per heavy atom. The standard InChI is InChI=1S/C18H19BrFNO2/c1-23-17(14-6-4-7-15(20)11-14)12-21-18(22)10-9-13-5-2-3-8-16(13)19/h2-8,11,17H,9-10,12H2,1H3,(H,21,22)/t17-/m1/s1. The summed E-state index contributed by atoms with van der Waals surface area (Å²) in [6.07, 6.45) is 0.686. The largest absolute Gasteiger partial charge is 0.375 e. The lowest BCUT2D eigenvalue weighted by Gasteiger charge is -2.16. The Balaban J connectivity index is 1.84. The van der Waals surface area contributed by atoms with Gasteiger partial charge in [0.25, 0.3) is 0 Å². The van der Waals surface area contributed by atoms with Crippen LogP contribution < -0.4 is 5.32 Å². The van der Waals surface area contributed by atoms with Crippen LogP contribution in [0.25, 0.3) is 0 Å². The fourth-order valence-corrected chi connectivity index (χ4v) is 2.77. The molecule has 1 amide bonds. The van der Waals surface area contributed by atoms with E-state index in [1.807, 2.05) is 24.3 Å². The predicted molar refractivity (Wildman–Crippen MR) is 91.6 cm³/mol. The van der Waals surface area contributed by atoms with Crippen LogP contribution in [0, 0.1) is 5.82 Å². The van der Waals surface area contributed by atoms with Gasteiger partial charge >= 0.3 is 0 Å². The predicted octanol–water partition coefficient (Wildman–Crippen LogP) is 4.02. The van der Waals surface area contributed by atoms with Gasteiger partial charge in [-0.05, 0) is 35.7 Å². The van der Waals surface area contributed by atoms with Gasteiger partial charge in [0.2, 0.25) is 5.91 Å². The first-order valence-corrected chi connectivity index (χ1v) is 8.18. The van der Waals surface area contributed by atoms with E-state index in [4.69, 9.17) is 4.74 Å². The van der Waals surface area contributed by atoms with Crippen LogP contribution in [0.3, 0.4) is 0 Å². The maximum absolute atomic E-state index is 13.3. The van der Waals surface area contributed by atoms with Gasteiger partial charge in [-0.1, -0.05) is 46.3 Å². The molecule has 0 bridgehead atoms. The Labute approximate surface area is 144 Å². The van der Waals surface area contributed by atoms with Gasteiger partial charge in [0.1, 0.15) is 5.82 Å². The summed E-state index contributed by atoms with van der Waals surface area (Å²) in [4.78, 5) is 12.0. The molecule has 1 atom stereocenters. The molecule has 122 valence electrons. The molecule has 2 aromatic carbocycles. The molecule has 0 saturated heterocycles. The summed E-state index contributed by atoms with van der Waals surface area (Å²) >= 11 is 3.47. The molecular weight excluding hydrogens is 361 g/mol. The molecule has 5 heteroatoms. The number of methoxy groups -OCH3 is 1. The fourth-order valence-electron chi connectivity index (χ4n) is 2.29. The topological polar surface area (TPSA) is 38.3 Å². The quantitative estimate of drug-likeness (QED) is 0.788.